The van der Waals surface area contributed by atoms with E-state index in [9.17, 15) is 0 Å². The first-order valence-electron chi connectivity index (χ1n) is 8.58. The monoisotopic (exact) mass is 325 g/mol. The standard InChI is InChI=1S/C16H27N3O2S/c1-13-17-18-16(19(13)14-6-3-2-4-7-14)22-11-10-20-12-15-8-5-9-21-15/h14-15H,2-12H2,1H3. The Morgan fingerprint density at radius 3 is 2.82 bits per heavy atom. The molecule has 124 valence electrons. The maximum atomic E-state index is 5.73. The molecule has 1 aliphatic carbocycles. The number of aryl methyl sites for hydroxylation is 1. The predicted molar refractivity (Wildman–Crippen MR) is 87.4 cm³/mol. The van der Waals surface area contributed by atoms with E-state index >= 15 is 0 Å². The zero-order valence-corrected chi connectivity index (χ0v) is 14.3. The van der Waals surface area contributed by atoms with E-state index in [0.717, 1.165) is 43.0 Å². The molecule has 0 spiro atoms. The summed E-state index contributed by atoms with van der Waals surface area (Å²) in [5.74, 6) is 1.98. The highest BCUT2D eigenvalue weighted by Gasteiger charge is 2.21. The predicted octanol–water partition coefficient (Wildman–Crippen LogP) is 3.38. The molecule has 0 radical (unpaired) electrons. The highest BCUT2D eigenvalue weighted by Crippen LogP contribution is 2.32. The zero-order chi connectivity index (χ0) is 15.2. The Morgan fingerprint density at radius 2 is 2.05 bits per heavy atom. The molecule has 1 unspecified atom stereocenters. The average molecular weight is 325 g/mol. The molecule has 6 heteroatoms. The van der Waals surface area contributed by atoms with Crippen LogP contribution in [0.5, 0.6) is 0 Å². The van der Waals surface area contributed by atoms with Crippen LogP contribution in [0.3, 0.4) is 0 Å². The van der Waals surface area contributed by atoms with E-state index in [1.165, 1.54) is 38.5 Å². The summed E-state index contributed by atoms with van der Waals surface area (Å²) >= 11 is 1.77. The molecule has 0 amide bonds. The van der Waals surface area contributed by atoms with Crippen LogP contribution in [-0.4, -0.2) is 46.4 Å². The van der Waals surface area contributed by atoms with E-state index in [4.69, 9.17) is 9.47 Å². The van der Waals surface area contributed by atoms with Crippen LogP contribution in [0.15, 0.2) is 5.16 Å². The van der Waals surface area contributed by atoms with Gasteiger partial charge in [-0.25, -0.2) is 0 Å². The largest absolute Gasteiger partial charge is 0.378 e. The van der Waals surface area contributed by atoms with Crippen LogP contribution < -0.4 is 0 Å². The summed E-state index contributed by atoms with van der Waals surface area (Å²) in [6.07, 6.45) is 9.20. The molecule has 1 aromatic heterocycles. The Labute approximate surface area is 137 Å². The van der Waals surface area contributed by atoms with Gasteiger partial charge in [0.25, 0.3) is 0 Å². The van der Waals surface area contributed by atoms with Gasteiger partial charge in [0.1, 0.15) is 5.82 Å². The first-order chi connectivity index (χ1) is 10.8. The normalized spacial score (nSPS) is 23.2. The molecule has 3 rings (SSSR count). The van der Waals surface area contributed by atoms with Gasteiger partial charge in [-0.3, -0.25) is 0 Å². The summed E-state index contributed by atoms with van der Waals surface area (Å²) < 4.78 is 13.6. The maximum absolute atomic E-state index is 5.73. The average Bonchev–Trinajstić information content (AvgIpc) is 3.18. The van der Waals surface area contributed by atoms with Crippen LogP contribution in [0, 0.1) is 6.92 Å². The quantitative estimate of drug-likeness (QED) is 0.568. The summed E-state index contributed by atoms with van der Waals surface area (Å²) in [7, 11) is 0. The van der Waals surface area contributed by atoms with Crippen LogP contribution >= 0.6 is 11.8 Å². The second-order valence-electron chi connectivity index (χ2n) is 6.25. The number of nitrogens with zero attached hydrogens (tertiary/aromatic N) is 3. The van der Waals surface area contributed by atoms with Crippen molar-refractivity contribution in [1.82, 2.24) is 14.8 Å². The minimum atomic E-state index is 0.318. The molecular weight excluding hydrogens is 298 g/mol. The fourth-order valence-electron chi connectivity index (χ4n) is 3.39. The van der Waals surface area contributed by atoms with Gasteiger partial charge in [0, 0.05) is 18.4 Å². The van der Waals surface area contributed by atoms with Gasteiger partial charge in [-0.15, -0.1) is 10.2 Å². The Bertz CT molecular complexity index is 454. The first kappa shape index (κ1) is 16.3. The molecule has 22 heavy (non-hydrogen) atoms. The lowest BCUT2D eigenvalue weighted by atomic mass is 9.95. The van der Waals surface area contributed by atoms with E-state index in [2.05, 4.69) is 21.7 Å². The summed E-state index contributed by atoms with van der Waals surface area (Å²) in [4.78, 5) is 0. The SMILES string of the molecule is Cc1nnc(SCCOCC2CCCO2)n1C1CCCCC1. The number of rotatable bonds is 7. The highest BCUT2D eigenvalue weighted by atomic mass is 32.2. The highest BCUT2D eigenvalue weighted by molar-refractivity contribution is 7.99. The van der Waals surface area contributed by atoms with Gasteiger partial charge in [-0.1, -0.05) is 31.0 Å². The molecule has 2 heterocycles. The molecule has 1 aliphatic heterocycles. The molecule has 0 aromatic carbocycles. The number of ether oxygens (including phenoxy) is 2. The van der Waals surface area contributed by atoms with Crippen molar-refractivity contribution in [3.8, 4) is 0 Å². The van der Waals surface area contributed by atoms with Gasteiger partial charge in [-0.05, 0) is 32.6 Å². The van der Waals surface area contributed by atoms with E-state index in [0.29, 0.717) is 12.1 Å². The molecule has 0 bridgehead atoms. The van der Waals surface area contributed by atoms with Crippen molar-refractivity contribution in [3.63, 3.8) is 0 Å². The van der Waals surface area contributed by atoms with Crippen molar-refractivity contribution in [2.75, 3.05) is 25.6 Å². The number of aromatic nitrogens is 3. The van der Waals surface area contributed by atoms with E-state index in [1.807, 2.05) is 0 Å². The van der Waals surface area contributed by atoms with Crippen LogP contribution in [-0.2, 0) is 9.47 Å². The van der Waals surface area contributed by atoms with Crippen LogP contribution in [0.2, 0.25) is 0 Å². The van der Waals surface area contributed by atoms with Crippen molar-refractivity contribution < 1.29 is 9.47 Å². The van der Waals surface area contributed by atoms with Gasteiger partial charge in [0.2, 0.25) is 0 Å². The van der Waals surface area contributed by atoms with Crippen LogP contribution in [0.4, 0.5) is 0 Å². The number of hydrogen-bond acceptors (Lipinski definition) is 5. The molecule has 2 fully saturated rings. The Balaban J connectivity index is 1.43. The second kappa shape index (κ2) is 8.31. The van der Waals surface area contributed by atoms with Gasteiger partial charge in [-0.2, -0.15) is 0 Å². The molecular formula is C16H27N3O2S. The van der Waals surface area contributed by atoms with E-state index in [1.54, 1.807) is 11.8 Å². The Kier molecular flexibility index (Phi) is 6.15. The number of thioether (sulfide) groups is 1. The zero-order valence-electron chi connectivity index (χ0n) is 13.5. The summed E-state index contributed by atoms with van der Waals surface area (Å²) in [5, 5.41) is 9.71. The third kappa shape index (κ3) is 4.24. The van der Waals surface area contributed by atoms with Crippen molar-refractivity contribution in [3.05, 3.63) is 5.82 Å². The second-order valence-corrected chi connectivity index (χ2v) is 7.31. The van der Waals surface area contributed by atoms with Gasteiger partial charge in [0.15, 0.2) is 5.16 Å². The lowest BCUT2D eigenvalue weighted by Crippen LogP contribution is -2.16. The lowest BCUT2D eigenvalue weighted by molar-refractivity contribution is 0.0225. The molecule has 1 saturated heterocycles. The third-order valence-corrected chi connectivity index (χ3v) is 5.47. The smallest absolute Gasteiger partial charge is 0.191 e. The minimum absolute atomic E-state index is 0.318. The van der Waals surface area contributed by atoms with Gasteiger partial charge >= 0.3 is 0 Å². The van der Waals surface area contributed by atoms with E-state index in [-0.39, 0.29) is 0 Å². The first-order valence-corrected chi connectivity index (χ1v) is 9.57. The molecule has 1 aromatic rings. The van der Waals surface area contributed by atoms with Crippen molar-refractivity contribution in [2.45, 2.75) is 69.2 Å². The fraction of sp³-hybridized carbons (Fsp3) is 0.875. The van der Waals surface area contributed by atoms with Crippen molar-refractivity contribution in [2.24, 2.45) is 0 Å². The molecule has 1 atom stereocenters. The van der Waals surface area contributed by atoms with Crippen LogP contribution in [0.25, 0.3) is 0 Å². The molecule has 5 nitrogen and oxygen atoms in total. The van der Waals surface area contributed by atoms with Crippen molar-refractivity contribution >= 4 is 11.8 Å². The number of hydrogen-bond donors (Lipinski definition) is 0. The van der Waals surface area contributed by atoms with E-state index < -0.39 is 0 Å². The molecule has 2 aliphatic rings. The summed E-state index contributed by atoms with van der Waals surface area (Å²) in [6.45, 7) is 4.45. The van der Waals surface area contributed by atoms with Crippen LogP contribution in [0.1, 0.15) is 56.8 Å². The minimum Gasteiger partial charge on any atom is -0.378 e. The molecule has 1 saturated carbocycles. The Hall–Kier alpha value is -0.590. The topological polar surface area (TPSA) is 49.2 Å². The van der Waals surface area contributed by atoms with Crippen molar-refractivity contribution in [1.29, 1.82) is 0 Å². The third-order valence-electron chi connectivity index (χ3n) is 4.56. The maximum Gasteiger partial charge on any atom is 0.191 e. The van der Waals surface area contributed by atoms with Gasteiger partial charge in [0.05, 0.1) is 19.3 Å². The summed E-state index contributed by atoms with van der Waals surface area (Å²) in [6, 6.07) is 0.596. The Morgan fingerprint density at radius 1 is 1.18 bits per heavy atom. The molecule has 0 N–H and O–H groups in total. The fourth-order valence-corrected chi connectivity index (χ4v) is 4.29. The lowest BCUT2D eigenvalue weighted by Gasteiger charge is -2.25. The van der Waals surface area contributed by atoms with Gasteiger partial charge < -0.3 is 14.0 Å². The summed E-state index contributed by atoms with van der Waals surface area (Å²) in [5.41, 5.74) is 0.